The molecular weight excluding hydrogens is 390 g/mol. The number of quaternary nitrogens is 1. The van der Waals surface area contributed by atoms with Gasteiger partial charge < -0.3 is 15.0 Å². The van der Waals surface area contributed by atoms with Crippen LogP contribution in [-0.4, -0.2) is 52.4 Å². The molecule has 1 atom stereocenters. The third-order valence-electron chi connectivity index (χ3n) is 4.58. The van der Waals surface area contributed by atoms with Gasteiger partial charge in [0.05, 0.1) is 19.1 Å². The summed E-state index contributed by atoms with van der Waals surface area (Å²) < 4.78 is 31.7. The molecule has 1 amide bonds. The Labute approximate surface area is 173 Å². The van der Waals surface area contributed by atoms with Crippen molar-refractivity contribution in [1.29, 1.82) is 0 Å². The van der Waals surface area contributed by atoms with Gasteiger partial charge in [0.2, 0.25) is 10.0 Å². The number of carbonyl (C=O) groups excluding carboxylic acids is 1. The van der Waals surface area contributed by atoms with E-state index in [9.17, 15) is 13.2 Å². The number of carbonyl (C=O) groups is 1. The number of nitrogens with zero attached hydrogens (tertiary/aromatic N) is 1. The second kappa shape index (κ2) is 10.4. The first-order valence-corrected chi connectivity index (χ1v) is 11.1. The normalized spacial score (nSPS) is 12.6. The highest BCUT2D eigenvalue weighted by Crippen LogP contribution is 2.18. The fraction of sp³-hybridized carbons (Fsp3) is 0.381. The molecular formula is C21H30N3O4S+. The summed E-state index contributed by atoms with van der Waals surface area (Å²) in [5.41, 5.74) is 1.66. The summed E-state index contributed by atoms with van der Waals surface area (Å²) in [7, 11) is 0.0704. The zero-order chi connectivity index (χ0) is 21.4. The number of likely N-dealkylation sites (N-methyl/N-ethyl adjacent to an activating group) is 1. The van der Waals surface area contributed by atoms with Gasteiger partial charge in [-0.2, -0.15) is 4.31 Å². The molecule has 0 bridgehead atoms. The summed E-state index contributed by atoms with van der Waals surface area (Å²) in [6.45, 7) is 5.42. The largest absolute Gasteiger partial charge is 0.497 e. The van der Waals surface area contributed by atoms with Crippen LogP contribution in [0.4, 0.5) is 5.69 Å². The van der Waals surface area contributed by atoms with E-state index in [2.05, 4.69) is 5.32 Å². The van der Waals surface area contributed by atoms with E-state index in [1.54, 1.807) is 33.1 Å². The molecule has 0 spiro atoms. The Morgan fingerprint density at radius 3 is 2.34 bits per heavy atom. The van der Waals surface area contributed by atoms with Gasteiger partial charge in [-0.25, -0.2) is 8.42 Å². The lowest BCUT2D eigenvalue weighted by Crippen LogP contribution is -3.08. The van der Waals surface area contributed by atoms with Crippen LogP contribution in [0.1, 0.15) is 19.4 Å². The van der Waals surface area contributed by atoms with E-state index in [-0.39, 0.29) is 17.3 Å². The number of anilines is 1. The number of amides is 1. The van der Waals surface area contributed by atoms with Crippen molar-refractivity contribution >= 4 is 21.6 Å². The van der Waals surface area contributed by atoms with Gasteiger partial charge in [-0.1, -0.05) is 26.0 Å². The van der Waals surface area contributed by atoms with E-state index in [1.807, 2.05) is 31.3 Å². The van der Waals surface area contributed by atoms with Crippen molar-refractivity contribution in [3.05, 3.63) is 54.1 Å². The van der Waals surface area contributed by atoms with Crippen LogP contribution in [0.2, 0.25) is 0 Å². The number of rotatable bonds is 10. The Bertz CT molecular complexity index is 910. The van der Waals surface area contributed by atoms with E-state index in [1.165, 1.54) is 16.4 Å². The molecule has 2 aromatic rings. The Morgan fingerprint density at radius 2 is 1.76 bits per heavy atom. The quantitative estimate of drug-likeness (QED) is 0.609. The summed E-state index contributed by atoms with van der Waals surface area (Å²) in [6.07, 6.45) is 0. The SMILES string of the molecule is CCN(CC)S(=O)(=O)c1ccc(NC(=O)C[NH+](C)Cc2cccc(OC)c2)cc1. The van der Waals surface area contributed by atoms with Gasteiger partial charge in [0.25, 0.3) is 5.91 Å². The van der Waals surface area contributed by atoms with Gasteiger partial charge in [-0.15, -0.1) is 0 Å². The standard InChI is InChI=1S/C21H29N3O4S/c1-5-24(6-2)29(26,27)20-12-10-18(11-13-20)22-21(25)16-23(3)15-17-8-7-9-19(14-17)28-4/h7-14H,5-6,15-16H2,1-4H3,(H,22,25)/p+1. The van der Waals surface area contributed by atoms with Crippen LogP contribution < -0.4 is 15.0 Å². The second-order valence-electron chi connectivity index (χ2n) is 6.82. The third-order valence-corrected chi connectivity index (χ3v) is 6.65. The molecule has 2 rings (SSSR count). The number of nitrogens with one attached hydrogen (secondary N) is 2. The molecule has 0 aliphatic heterocycles. The van der Waals surface area contributed by atoms with Crippen molar-refractivity contribution in [3.63, 3.8) is 0 Å². The molecule has 2 N–H and O–H groups in total. The molecule has 7 nitrogen and oxygen atoms in total. The lowest BCUT2D eigenvalue weighted by Gasteiger charge is -2.18. The molecule has 0 saturated heterocycles. The summed E-state index contributed by atoms with van der Waals surface area (Å²) >= 11 is 0. The van der Waals surface area contributed by atoms with Gasteiger partial charge in [-0.05, 0) is 36.4 Å². The fourth-order valence-corrected chi connectivity index (χ4v) is 4.55. The monoisotopic (exact) mass is 420 g/mol. The molecule has 0 aromatic heterocycles. The molecule has 29 heavy (non-hydrogen) atoms. The lowest BCUT2D eigenvalue weighted by molar-refractivity contribution is -0.885. The first-order valence-electron chi connectivity index (χ1n) is 9.64. The van der Waals surface area contributed by atoms with Gasteiger partial charge in [0, 0.05) is 24.3 Å². The van der Waals surface area contributed by atoms with E-state index in [0.29, 0.717) is 25.3 Å². The number of sulfonamides is 1. The van der Waals surface area contributed by atoms with E-state index >= 15 is 0 Å². The number of hydrogen-bond donors (Lipinski definition) is 2. The Hall–Kier alpha value is -2.42. The lowest BCUT2D eigenvalue weighted by atomic mass is 10.2. The molecule has 0 radical (unpaired) electrons. The van der Waals surface area contributed by atoms with Crippen molar-refractivity contribution in [1.82, 2.24) is 4.31 Å². The molecule has 0 saturated carbocycles. The summed E-state index contributed by atoms with van der Waals surface area (Å²) in [5.74, 6) is 0.657. The molecule has 0 aliphatic rings. The molecule has 0 aliphatic carbocycles. The average Bonchev–Trinajstić information content (AvgIpc) is 2.69. The molecule has 0 fully saturated rings. The maximum Gasteiger partial charge on any atom is 0.279 e. The van der Waals surface area contributed by atoms with Crippen LogP contribution in [-0.2, 0) is 21.4 Å². The van der Waals surface area contributed by atoms with Crippen LogP contribution in [0.3, 0.4) is 0 Å². The van der Waals surface area contributed by atoms with Gasteiger partial charge in [-0.3, -0.25) is 4.79 Å². The molecule has 1 unspecified atom stereocenters. The van der Waals surface area contributed by atoms with Crippen LogP contribution >= 0.6 is 0 Å². The molecule has 158 valence electrons. The van der Waals surface area contributed by atoms with Crippen LogP contribution in [0.15, 0.2) is 53.4 Å². The highest BCUT2D eigenvalue weighted by atomic mass is 32.2. The number of hydrogen-bond acceptors (Lipinski definition) is 4. The minimum absolute atomic E-state index is 0.134. The second-order valence-corrected chi connectivity index (χ2v) is 8.76. The van der Waals surface area contributed by atoms with Gasteiger partial charge in [0.1, 0.15) is 12.3 Å². The van der Waals surface area contributed by atoms with Crippen LogP contribution in [0.5, 0.6) is 5.75 Å². The van der Waals surface area contributed by atoms with Gasteiger partial charge in [0.15, 0.2) is 6.54 Å². The zero-order valence-corrected chi connectivity index (χ0v) is 18.3. The highest BCUT2D eigenvalue weighted by molar-refractivity contribution is 7.89. The summed E-state index contributed by atoms with van der Waals surface area (Å²) in [5, 5.41) is 2.82. The average molecular weight is 421 g/mol. The molecule has 0 heterocycles. The maximum atomic E-state index is 12.5. The zero-order valence-electron chi connectivity index (χ0n) is 17.4. The van der Waals surface area contributed by atoms with Crippen molar-refractivity contribution in [2.75, 3.05) is 39.1 Å². The predicted octanol–water partition coefficient (Wildman–Crippen LogP) is 1.38. The van der Waals surface area contributed by atoms with E-state index in [4.69, 9.17) is 4.74 Å². The number of ether oxygens (including phenoxy) is 1. The van der Waals surface area contributed by atoms with Crippen molar-refractivity contribution in [3.8, 4) is 5.75 Å². The van der Waals surface area contributed by atoms with Crippen LogP contribution in [0.25, 0.3) is 0 Å². The number of methoxy groups -OCH3 is 1. The number of benzene rings is 2. The van der Waals surface area contributed by atoms with E-state index in [0.717, 1.165) is 16.2 Å². The topological polar surface area (TPSA) is 80.2 Å². The first kappa shape index (κ1) is 22.9. The maximum absolute atomic E-state index is 12.5. The van der Waals surface area contributed by atoms with Gasteiger partial charge >= 0.3 is 0 Å². The van der Waals surface area contributed by atoms with E-state index < -0.39 is 10.0 Å². The minimum atomic E-state index is -3.50. The highest BCUT2D eigenvalue weighted by Gasteiger charge is 2.21. The Kier molecular flexibility index (Phi) is 8.19. The molecule has 8 heteroatoms. The Morgan fingerprint density at radius 1 is 1.10 bits per heavy atom. The Balaban J connectivity index is 1.95. The summed E-state index contributed by atoms with van der Waals surface area (Å²) in [4.78, 5) is 13.6. The molecule has 2 aromatic carbocycles. The van der Waals surface area contributed by atoms with Crippen molar-refractivity contribution in [2.45, 2.75) is 25.3 Å². The summed E-state index contributed by atoms with van der Waals surface area (Å²) in [6, 6.07) is 14.0. The van der Waals surface area contributed by atoms with Crippen molar-refractivity contribution in [2.24, 2.45) is 0 Å². The smallest absolute Gasteiger partial charge is 0.279 e. The van der Waals surface area contributed by atoms with Crippen LogP contribution in [0, 0.1) is 0 Å². The minimum Gasteiger partial charge on any atom is -0.497 e. The van der Waals surface area contributed by atoms with Crippen molar-refractivity contribution < 1.29 is 22.8 Å². The predicted molar refractivity (Wildman–Crippen MR) is 114 cm³/mol. The fourth-order valence-electron chi connectivity index (χ4n) is 3.10. The first-order chi connectivity index (χ1) is 13.8. The third kappa shape index (κ3) is 6.28.